The van der Waals surface area contributed by atoms with E-state index in [2.05, 4.69) is 26.0 Å². The Balaban J connectivity index is 2.59. The summed E-state index contributed by atoms with van der Waals surface area (Å²) in [6.45, 7) is 1.95. The average Bonchev–Trinajstić information content (AvgIpc) is 2.36. The molecular weight excluding hydrogens is 303 g/mol. The molecule has 0 heterocycles. The first-order chi connectivity index (χ1) is 8.47. The van der Waals surface area contributed by atoms with Crippen LogP contribution in [-0.2, 0) is 0 Å². The van der Waals surface area contributed by atoms with E-state index in [9.17, 15) is 0 Å². The molecule has 1 aromatic carbocycles. The van der Waals surface area contributed by atoms with Crippen LogP contribution in [0.25, 0.3) is 0 Å². The molecule has 0 aliphatic heterocycles. The lowest BCUT2D eigenvalue weighted by atomic mass is 10.0. The van der Waals surface area contributed by atoms with E-state index in [1.807, 2.05) is 18.2 Å². The van der Waals surface area contributed by atoms with Crippen molar-refractivity contribution < 1.29 is 0 Å². The quantitative estimate of drug-likeness (QED) is 0.325. The predicted octanol–water partition coefficient (Wildman–Crippen LogP) is 6.05. The van der Waals surface area contributed by atoms with Crippen LogP contribution in [0, 0.1) is 0 Å². The second-order valence-electron chi connectivity index (χ2n) is 4.89. The molecule has 0 aliphatic carbocycles. The minimum Gasteiger partial charge on any atom is -0.144 e. The zero-order valence-corrected chi connectivity index (χ0v) is 14.3. The van der Waals surface area contributed by atoms with Crippen molar-refractivity contribution in [2.24, 2.45) is 0 Å². The first kappa shape index (κ1) is 16.4. The fourth-order valence-electron chi connectivity index (χ4n) is 2.03. The highest BCUT2D eigenvalue weighted by atomic mass is 35.7. The van der Waals surface area contributed by atoms with Gasteiger partial charge in [0.1, 0.15) is 0 Å². The maximum atomic E-state index is 6.54. The summed E-state index contributed by atoms with van der Waals surface area (Å²) in [5.41, 5.74) is 1.29. The van der Waals surface area contributed by atoms with Crippen LogP contribution in [0.5, 0.6) is 0 Å². The molecule has 0 bridgehead atoms. The number of unbranched alkanes of at least 4 members (excludes halogenated alkanes) is 1. The van der Waals surface area contributed by atoms with Crippen molar-refractivity contribution in [3.8, 4) is 0 Å². The van der Waals surface area contributed by atoms with Gasteiger partial charge in [-0.2, -0.15) is 0 Å². The molecule has 0 amide bonds. The predicted molar refractivity (Wildman–Crippen MR) is 86.3 cm³/mol. The number of benzene rings is 1. The van der Waals surface area contributed by atoms with Crippen LogP contribution in [0.15, 0.2) is 30.3 Å². The number of hydrogen-bond acceptors (Lipinski definition) is 0. The van der Waals surface area contributed by atoms with Crippen molar-refractivity contribution >= 4 is 40.5 Å². The Kier molecular flexibility index (Phi) is 7.08. The van der Waals surface area contributed by atoms with Gasteiger partial charge in [0, 0.05) is 0 Å². The van der Waals surface area contributed by atoms with Crippen molar-refractivity contribution in [2.45, 2.75) is 50.1 Å². The third-order valence-corrected chi connectivity index (χ3v) is 10.1. The van der Waals surface area contributed by atoms with E-state index in [1.165, 1.54) is 5.56 Å². The molecule has 0 aliphatic rings. The minimum absolute atomic E-state index is 0.0491. The van der Waals surface area contributed by atoms with Crippen LogP contribution in [0.2, 0.25) is 6.04 Å². The molecule has 0 spiro atoms. The lowest BCUT2D eigenvalue weighted by molar-refractivity contribution is 0.744. The summed E-state index contributed by atoms with van der Waals surface area (Å²) in [4.78, 5) is 0. The maximum Gasteiger partial charge on any atom is 0.269 e. The van der Waals surface area contributed by atoms with E-state index in [1.54, 1.807) is 0 Å². The molecule has 0 saturated carbocycles. The van der Waals surface area contributed by atoms with Gasteiger partial charge in [-0.1, -0.05) is 57.0 Å². The molecule has 102 valence electrons. The van der Waals surface area contributed by atoms with Crippen LogP contribution in [0.4, 0.5) is 0 Å². The van der Waals surface area contributed by atoms with Gasteiger partial charge in [-0.05, 0) is 23.9 Å². The van der Waals surface area contributed by atoms with Crippen LogP contribution in [0.1, 0.15) is 44.6 Å². The molecule has 1 rings (SSSR count). The van der Waals surface area contributed by atoms with Crippen molar-refractivity contribution in [2.75, 3.05) is 0 Å². The molecule has 2 unspecified atom stereocenters. The highest BCUT2D eigenvalue weighted by Gasteiger charge is 2.38. The van der Waals surface area contributed by atoms with E-state index >= 15 is 0 Å². The highest BCUT2D eigenvalue weighted by Crippen LogP contribution is 2.37. The first-order valence-electron chi connectivity index (χ1n) is 6.54. The summed E-state index contributed by atoms with van der Waals surface area (Å²) < 4.78 is 0. The first-order valence-corrected chi connectivity index (χ1v) is 11.3. The SMILES string of the molecule is CCCCC(Cl)[Si](Cl)(Cl)CC(C)c1ccccc1. The minimum atomic E-state index is -2.38. The average molecular weight is 324 g/mol. The summed E-state index contributed by atoms with van der Waals surface area (Å²) in [6, 6.07) is 11.2. The van der Waals surface area contributed by atoms with Crippen LogP contribution in [-0.4, -0.2) is 11.7 Å². The fraction of sp³-hybridized carbons (Fsp3) is 0.571. The molecule has 0 radical (unpaired) electrons. The molecule has 0 nitrogen and oxygen atoms in total. The van der Waals surface area contributed by atoms with Gasteiger partial charge in [-0.15, -0.1) is 33.8 Å². The summed E-state index contributed by atoms with van der Waals surface area (Å²) in [7, 11) is 0. The maximum absolute atomic E-state index is 6.54. The van der Waals surface area contributed by atoms with E-state index < -0.39 is 6.69 Å². The molecule has 0 saturated heterocycles. The van der Waals surface area contributed by atoms with E-state index in [-0.39, 0.29) is 5.00 Å². The molecule has 0 fully saturated rings. The number of alkyl halides is 1. The van der Waals surface area contributed by atoms with Crippen LogP contribution in [0.3, 0.4) is 0 Å². The Morgan fingerprint density at radius 2 is 1.78 bits per heavy atom. The molecule has 0 aromatic heterocycles. The number of hydrogen-bond donors (Lipinski definition) is 0. The lowest BCUT2D eigenvalue weighted by Gasteiger charge is -2.25. The normalized spacial score (nSPS) is 15.4. The number of halogens is 3. The van der Waals surface area contributed by atoms with Gasteiger partial charge in [-0.3, -0.25) is 0 Å². The zero-order chi connectivity index (χ0) is 13.6. The summed E-state index contributed by atoms with van der Waals surface area (Å²) in [5.74, 6) is 0.371. The monoisotopic (exact) mass is 322 g/mol. The number of rotatable bonds is 7. The van der Waals surface area contributed by atoms with E-state index in [4.69, 9.17) is 33.8 Å². The third-order valence-electron chi connectivity index (χ3n) is 3.22. The van der Waals surface area contributed by atoms with Gasteiger partial charge in [-0.25, -0.2) is 0 Å². The Hall–Kier alpha value is 0.307. The standard InChI is InChI=1S/C14H21Cl3Si/c1-3-4-10-14(15)18(16,17)11-12(2)13-8-6-5-7-9-13/h5-9,12,14H,3-4,10-11H2,1-2H3. The van der Waals surface area contributed by atoms with Crippen molar-refractivity contribution in [3.05, 3.63) is 35.9 Å². The lowest BCUT2D eigenvalue weighted by Crippen LogP contribution is -2.34. The van der Waals surface area contributed by atoms with Gasteiger partial charge < -0.3 is 0 Å². The van der Waals surface area contributed by atoms with Crippen molar-refractivity contribution in [1.29, 1.82) is 0 Å². The van der Waals surface area contributed by atoms with Crippen LogP contribution >= 0.6 is 33.8 Å². The third kappa shape index (κ3) is 5.12. The Labute approximate surface area is 126 Å². The summed E-state index contributed by atoms with van der Waals surface area (Å²) >= 11 is 19.5. The van der Waals surface area contributed by atoms with Crippen molar-refractivity contribution in [1.82, 2.24) is 0 Å². The second kappa shape index (κ2) is 7.79. The fourth-order valence-corrected chi connectivity index (χ4v) is 6.43. The molecule has 18 heavy (non-hydrogen) atoms. The smallest absolute Gasteiger partial charge is 0.144 e. The van der Waals surface area contributed by atoms with E-state index in [0.717, 1.165) is 25.3 Å². The Morgan fingerprint density at radius 3 is 2.33 bits per heavy atom. The van der Waals surface area contributed by atoms with Gasteiger partial charge in [0.15, 0.2) is 0 Å². The summed E-state index contributed by atoms with van der Waals surface area (Å²) in [6.07, 6.45) is 3.16. The Bertz CT molecular complexity index is 340. The Morgan fingerprint density at radius 1 is 1.17 bits per heavy atom. The van der Waals surface area contributed by atoms with E-state index in [0.29, 0.717) is 5.92 Å². The zero-order valence-electron chi connectivity index (χ0n) is 11.0. The molecule has 0 N–H and O–H groups in total. The van der Waals surface area contributed by atoms with Gasteiger partial charge in [0.25, 0.3) is 6.69 Å². The van der Waals surface area contributed by atoms with Crippen molar-refractivity contribution in [3.63, 3.8) is 0 Å². The molecule has 1 aromatic rings. The van der Waals surface area contributed by atoms with Gasteiger partial charge >= 0.3 is 0 Å². The van der Waals surface area contributed by atoms with Gasteiger partial charge in [0.05, 0.1) is 5.00 Å². The highest BCUT2D eigenvalue weighted by molar-refractivity contribution is 7.47. The topological polar surface area (TPSA) is 0 Å². The largest absolute Gasteiger partial charge is 0.269 e. The van der Waals surface area contributed by atoms with Crippen LogP contribution < -0.4 is 0 Å². The molecule has 4 heteroatoms. The molecule has 2 atom stereocenters. The summed E-state index contributed by atoms with van der Waals surface area (Å²) in [5, 5.41) is -0.0491. The van der Waals surface area contributed by atoms with Gasteiger partial charge in [0.2, 0.25) is 0 Å². The second-order valence-corrected chi connectivity index (χ2v) is 13.0. The molecular formula is C14H21Cl3Si.